The van der Waals surface area contributed by atoms with Gasteiger partial charge >= 0.3 is 0 Å². The summed E-state index contributed by atoms with van der Waals surface area (Å²) in [5.74, 6) is 1.36. The van der Waals surface area contributed by atoms with Gasteiger partial charge in [0.25, 0.3) is 5.91 Å². The Morgan fingerprint density at radius 1 is 1.45 bits per heavy atom. The van der Waals surface area contributed by atoms with Crippen LogP contribution in [0.2, 0.25) is 0 Å². The molecule has 1 aliphatic heterocycles. The van der Waals surface area contributed by atoms with E-state index in [1.165, 1.54) is 6.20 Å². The van der Waals surface area contributed by atoms with Crippen LogP contribution in [0, 0.1) is 0 Å². The summed E-state index contributed by atoms with van der Waals surface area (Å²) in [4.78, 5) is 13.7. The van der Waals surface area contributed by atoms with Gasteiger partial charge in [0, 0.05) is 13.2 Å². The average molecular weight is 273 g/mol. The Hall–Kier alpha value is -2.50. The molecule has 2 heterocycles. The molecule has 6 heteroatoms. The van der Waals surface area contributed by atoms with E-state index in [0.29, 0.717) is 24.5 Å². The molecular formula is C14H15N3O3. The van der Waals surface area contributed by atoms with Gasteiger partial charge in [0.2, 0.25) is 0 Å². The van der Waals surface area contributed by atoms with Crippen LogP contribution in [0.4, 0.5) is 0 Å². The van der Waals surface area contributed by atoms with Crippen LogP contribution < -0.4 is 9.47 Å². The van der Waals surface area contributed by atoms with Crippen molar-refractivity contribution in [1.29, 1.82) is 0 Å². The summed E-state index contributed by atoms with van der Waals surface area (Å²) in [6.07, 6.45) is 2.91. The number of H-pyrrole nitrogens is 1. The van der Waals surface area contributed by atoms with Crippen LogP contribution in [-0.2, 0) is 0 Å². The largest absolute Gasteiger partial charge is 0.486 e. The first-order valence-electron chi connectivity index (χ1n) is 6.37. The van der Waals surface area contributed by atoms with E-state index in [9.17, 15) is 4.79 Å². The molecule has 0 fully saturated rings. The number of likely N-dealkylation sites (N-methyl/N-ethyl adjacent to an activating group) is 1. The van der Waals surface area contributed by atoms with Gasteiger partial charge in [-0.15, -0.1) is 0 Å². The Kier molecular flexibility index (Phi) is 3.28. The maximum atomic E-state index is 12.1. The highest BCUT2D eigenvalue weighted by Gasteiger charge is 2.24. The third-order valence-corrected chi connectivity index (χ3v) is 3.14. The summed E-state index contributed by atoms with van der Waals surface area (Å²) >= 11 is 0. The van der Waals surface area contributed by atoms with Gasteiger partial charge in [-0.3, -0.25) is 9.89 Å². The molecule has 0 radical (unpaired) electrons. The summed E-state index contributed by atoms with van der Waals surface area (Å²) in [5, 5.41) is 6.40. The Morgan fingerprint density at radius 3 is 3.00 bits per heavy atom. The zero-order chi connectivity index (χ0) is 13.9. The summed E-state index contributed by atoms with van der Waals surface area (Å²) in [7, 11) is 1.74. The first-order chi connectivity index (χ1) is 9.74. The number of ether oxygens (including phenoxy) is 2. The van der Waals surface area contributed by atoms with Gasteiger partial charge in [0.1, 0.15) is 6.61 Å². The molecule has 0 bridgehead atoms. The molecule has 1 aromatic carbocycles. The van der Waals surface area contributed by atoms with Crippen LogP contribution in [0.3, 0.4) is 0 Å². The molecule has 6 nitrogen and oxygen atoms in total. The van der Waals surface area contributed by atoms with E-state index in [-0.39, 0.29) is 12.0 Å². The Labute approximate surface area is 116 Å². The molecule has 0 saturated heterocycles. The number of nitrogens with one attached hydrogen (secondary N) is 1. The molecule has 1 unspecified atom stereocenters. The molecular weight excluding hydrogens is 258 g/mol. The fourth-order valence-electron chi connectivity index (χ4n) is 2.13. The lowest BCUT2D eigenvalue weighted by molar-refractivity contribution is 0.0521. The molecule has 1 N–H and O–H groups in total. The van der Waals surface area contributed by atoms with E-state index in [0.717, 1.165) is 5.75 Å². The molecule has 20 heavy (non-hydrogen) atoms. The number of carbonyl (C=O) groups is 1. The monoisotopic (exact) mass is 273 g/mol. The number of rotatable bonds is 3. The van der Waals surface area contributed by atoms with Crippen molar-refractivity contribution in [2.75, 3.05) is 20.2 Å². The maximum Gasteiger partial charge on any atom is 0.256 e. The molecule has 1 aliphatic rings. The van der Waals surface area contributed by atoms with E-state index >= 15 is 0 Å². The lowest BCUT2D eigenvalue weighted by atomic mass is 10.2. The lowest BCUT2D eigenvalue weighted by Crippen LogP contribution is -2.41. The van der Waals surface area contributed by atoms with Gasteiger partial charge in [0.05, 0.1) is 18.3 Å². The van der Waals surface area contributed by atoms with Gasteiger partial charge in [-0.1, -0.05) is 12.1 Å². The summed E-state index contributed by atoms with van der Waals surface area (Å²) < 4.78 is 11.5. The SMILES string of the molecule is CN(CC1COc2ccccc2O1)C(=O)c1cn[nH]c1. The molecule has 1 amide bonds. The number of hydrogen-bond acceptors (Lipinski definition) is 4. The third kappa shape index (κ3) is 2.45. The van der Waals surface area contributed by atoms with Crippen molar-refractivity contribution < 1.29 is 14.3 Å². The van der Waals surface area contributed by atoms with E-state index in [4.69, 9.17) is 9.47 Å². The quantitative estimate of drug-likeness (QED) is 0.916. The van der Waals surface area contributed by atoms with Gasteiger partial charge in [-0.2, -0.15) is 5.10 Å². The smallest absolute Gasteiger partial charge is 0.256 e. The van der Waals surface area contributed by atoms with Crippen LogP contribution in [-0.4, -0.2) is 47.3 Å². The Morgan fingerprint density at radius 2 is 2.25 bits per heavy atom. The van der Waals surface area contributed by atoms with Crippen molar-refractivity contribution in [3.63, 3.8) is 0 Å². The molecule has 1 atom stereocenters. The highest BCUT2D eigenvalue weighted by Crippen LogP contribution is 2.30. The topological polar surface area (TPSA) is 67.5 Å². The predicted octanol–water partition coefficient (Wildman–Crippen LogP) is 1.32. The molecule has 0 aliphatic carbocycles. The van der Waals surface area contributed by atoms with Gasteiger partial charge in [0.15, 0.2) is 17.6 Å². The molecule has 3 rings (SSSR count). The van der Waals surface area contributed by atoms with Crippen LogP contribution in [0.5, 0.6) is 11.5 Å². The number of benzene rings is 1. The van der Waals surface area contributed by atoms with Crippen molar-refractivity contribution in [3.05, 3.63) is 42.2 Å². The fraction of sp³-hybridized carbons (Fsp3) is 0.286. The number of carbonyl (C=O) groups excluding carboxylic acids is 1. The molecule has 1 aromatic heterocycles. The summed E-state index contributed by atoms with van der Waals surface area (Å²) in [6, 6.07) is 7.52. The number of fused-ring (bicyclic) bond motifs is 1. The van der Waals surface area contributed by atoms with Crippen molar-refractivity contribution in [2.45, 2.75) is 6.10 Å². The number of nitrogens with zero attached hydrogens (tertiary/aromatic N) is 2. The van der Waals surface area contributed by atoms with Crippen LogP contribution in [0.15, 0.2) is 36.7 Å². The van der Waals surface area contributed by atoms with Crippen molar-refractivity contribution >= 4 is 5.91 Å². The normalized spacial score (nSPS) is 16.8. The summed E-state index contributed by atoms with van der Waals surface area (Å²) in [6.45, 7) is 0.887. The molecule has 104 valence electrons. The van der Waals surface area contributed by atoms with Crippen LogP contribution in [0.1, 0.15) is 10.4 Å². The standard InChI is InChI=1S/C14H15N3O3/c1-17(14(18)10-6-15-16-7-10)8-11-9-19-12-4-2-3-5-13(12)20-11/h2-7,11H,8-9H2,1H3,(H,15,16). The van der Waals surface area contributed by atoms with E-state index in [1.807, 2.05) is 24.3 Å². The van der Waals surface area contributed by atoms with Crippen molar-refractivity contribution in [3.8, 4) is 11.5 Å². The lowest BCUT2D eigenvalue weighted by Gasteiger charge is -2.29. The number of amides is 1. The summed E-state index contributed by atoms with van der Waals surface area (Å²) in [5.41, 5.74) is 0.532. The second-order valence-electron chi connectivity index (χ2n) is 4.67. The number of aromatic nitrogens is 2. The minimum Gasteiger partial charge on any atom is -0.486 e. The Bertz CT molecular complexity index is 597. The van der Waals surface area contributed by atoms with Crippen molar-refractivity contribution in [1.82, 2.24) is 15.1 Å². The molecule has 2 aromatic rings. The van der Waals surface area contributed by atoms with Gasteiger partial charge < -0.3 is 14.4 Å². The minimum atomic E-state index is -0.175. The van der Waals surface area contributed by atoms with Crippen LogP contribution in [0.25, 0.3) is 0 Å². The number of para-hydroxylation sites is 2. The Balaban J connectivity index is 1.63. The van der Waals surface area contributed by atoms with Crippen molar-refractivity contribution in [2.24, 2.45) is 0 Å². The first kappa shape index (κ1) is 12.5. The van der Waals surface area contributed by atoms with Crippen LogP contribution >= 0.6 is 0 Å². The maximum absolute atomic E-state index is 12.1. The minimum absolute atomic E-state index is 0.0961. The first-order valence-corrected chi connectivity index (χ1v) is 6.37. The van der Waals surface area contributed by atoms with Gasteiger partial charge in [-0.05, 0) is 12.1 Å². The third-order valence-electron chi connectivity index (χ3n) is 3.14. The average Bonchev–Trinajstić information content (AvgIpc) is 3.00. The van der Waals surface area contributed by atoms with E-state index in [2.05, 4.69) is 10.2 Å². The second-order valence-corrected chi connectivity index (χ2v) is 4.67. The predicted molar refractivity (Wildman–Crippen MR) is 71.9 cm³/mol. The molecule has 0 saturated carbocycles. The zero-order valence-corrected chi connectivity index (χ0v) is 11.1. The number of aromatic amines is 1. The highest BCUT2D eigenvalue weighted by molar-refractivity contribution is 5.93. The van der Waals surface area contributed by atoms with Gasteiger partial charge in [-0.25, -0.2) is 0 Å². The van der Waals surface area contributed by atoms with E-state index < -0.39 is 0 Å². The highest BCUT2D eigenvalue weighted by atomic mass is 16.6. The second kappa shape index (κ2) is 5.24. The fourth-order valence-corrected chi connectivity index (χ4v) is 2.13. The number of hydrogen-bond donors (Lipinski definition) is 1. The molecule has 0 spiro atoms. The zero-order valence-electron chi connectivity index (χ0n) is 11.1. The van der Waals surface area contributed by atoms with E-state index in [1.54, 1.807) is 18.1 Å².